The first-order valence-electron chi connectivity index (χ1n) is 6.44. The number of likely N-dealkylation sites (tertiary alicyclic amines) is 1. The van der Waals surface area contributed by atoms with Crippen molar-refractivity contribution >= 4 is 17.5 Å². The van der Waals surface area contributed by atoms with Crippen LogP contribution in [0.4, 0.5) is 5.69 Å². The number of likely N-dealkylation sites (N-methyl/N-ethyl adjacent to an activating group) is 1. The third kappa shape index (κ3) is 2.41. The molecular weight excluding hydrogens is 242 g/mol. The van der Waals surface area contributed by atoms with E-state index in [-0.39, 0.29) is 17.9 Å². The summed E-state index contributed by atoms with van der Waals surface area (Å²) in [5.74, 6) is -0.219. The molecule has 1 heterocycles. The Morgan fingerprint density at radius 3 is 2.84 bits per heavy atom. The number of hydrogen-bond acceptors (Lipinski definition) is 3. The van der Waals surface area contributed by atoms with Gasteiger partial charge in [0, 0.05) is 24.8 Å². The van der Waals surface area contributed by atoms with E-state index in [2.05, 4.69) is 5.32 Å². The summed E-state index contributed by atoms with van der Waals surface area (Å²) in [5, 5.41) is 2.61. The number of nitrogens with two attached hydrogens (primary N) is 1. The number of benzene rings is 1. The highest BCUT2D eigenvalue weighted by Crippen LogP contribution is 2.23. The second-order valence-corrected chi connectivity index (χ2v) is 4.79. The topological polar surface area (TPSA) is 75.4 Å². The summed E-state index contributed by atoms with van der Waals surface area (Å²) < 4.78 is 0. The van der Waals surface area contributed by atoms with Gasteiger partial charge in [-0.2, -0.15) is 0 Å². The Balaban J connectivity index is 2.28. The zero-order chi connectivity index (χ0) is 14.0. The fourth-order valence-corrected chi connectivity index (χ4v) is 2.49. The zero-order valence-electron chi connectivity index (χ0n) is 11.3. The van der Waals surface area contributed by atoms with Crippen LogP contribution in [0, 0.1) is 6.92 Å². The maximum Gasteiger partial charge on any atom is 0.254 e. The van der Waals surface area contributed by atoms with Crippen molar-refractivity contribution in [3.63, 3.8) is 0 Å². The number of carbonyl (C=O) groups excluding carboxylic acids is 2. The molecule has 3 N–H and O–H groups in total. The van der Waals surface area contributed by atoms with Crippen LogP contribution in [0.3, 0.4) is 0 Å². The lowest BCUT2D eigenvalue weighted by Gasteiger charge is -2.24. The first-order valence-corrected chi connectivity index (χ1v) is 6.44. The van der Waals surface area contributed by atoms with Crippen LogP contribution in [-0.4, -0.2) is 36.3 Å². The van der Waals surface area contributed by atoms with Gasteiger partial charge < -0.3 is 16.0 Å². The minimum Gasteiger partial charge on any atom is -0.398 e. The number of nitrogens with zero attached hydrogens (tertiary/aromatic N) is 1. The van der Waals surface area contributed by atoms with Crippen LogP contribution >= 0.6 is 0 Å². The molecule has 1 aromatic rings. The van der Waals surface area contributed by atoms with Crippen LogP contribution in [0.25, 0.3) is 0 Å². The molecule has 2 amide bonds. The first-order chi connectivity index (χ1) is 9.06. The third-order valence-electron chi connectivity index (χ3n) is 3.67. The standard InChI is InChI=1S/C14H19N3O2/c1-9-10(5-3-6-11(9)15)14(19)17-8-4-7-12(17)13(18)16-2/h3,5-6,12H,4,7-8,15H2,1-2H3,(H,16,18). The summed E-state index contributed by atoms with van der Waals surface area (Å²) >= 11 is 0. The van der Waals surface area contributed by atoms with E-state index in [1.165, 1.54) is 0 Å². The van der Waals surface area contributed by atoms with Gasteiger partial charge in [0.1, 0.15) is 6.04 Å². The highest BCUT2D eigenvalue weighted by molar-refractivity contribution is 5.99. The number of carbonyl (C=O) groups is 2. The minimum atomic E-state index is -0.363. The zero-order valence-corrected chi connectivity index (χ0v) is 11.3. The lowest BCUT2D eigenvalue weighted by Crippen LogP contribution is -2.45. The fourth-order valence-electron chi connectivity index (χ4n) is 2.49. The van der Waals surface area contributed by atoms with Gasteiger partial charge in [0.15, 0.2) is 0 Å². The molecule has 2 rings (SSSR count). The van der Waals surface area contributed by atoms with Crippen molar-refractivity contribution in [2.75, 3.05) is 19.3 Å². The van der Waals surface area contributed by atoms with Gasteiger partial charge in [-0.05, 0) is 37.5 Å². The van der Waals surface area contributed by atoms with Gasteiger partial charge in [-0.15, -0.1) is 0 Å². The van der Waals surface area contributed by atoms with Crippen molar-refractivity contribution in [2.45, 2.75) is 25.8 Å². The molecule has 19 heavy (non-hydrogen) atoms. The van der Waals surface area contributed by atoms with Crippen molar-refractivity contribution in [1.82, 2.24) is 10.2 Å². The van der Waals surface area contributed by atoms with Gasteiger partial charge in [0.05, 0.1) is 0 Å². The number of nitrogen functional groups attached to an aromatic ring is 1. The van der Waals surface area contributed by atoms with E-state index >= 15 is 0 Å². The van der Waals surface area contributed by atoms with Gasteiger partial charge in [0.2, 0.25) is 5.91 Å². The van der Waals surface area contributed by atoms with Gasteiger partial charge >= 0.3 is 0 Å². The van der Waals surface area contributed by atoms with E-state index in [1.807, 2.05) is 6.92 Å². The minimum absolute atomic E-state index is 0.104. The Kier molecular flexibility index (Phi) is 3.74. The second kappa shape index (κ2) is 5.30. The predicted octanol–water partition coefficient (Wildman–Crippen LogP) is 0.928. The molecule has 0 bridgehead atoms. The third-order valence-corrected chi connectivity index (χ3v) is 3.67. The van der Waals surface area contributed by atoms with Gasteiger partial charge in [0.25, 0.3) is 5.91 Å². The van der Waals surface area contributed by atoms with Crippen molar-refractivity contribution in [2.24, 2.45) is 0 Å². The first kappa shape index (κ1) is 13.4. The maximum atomic E-state index is 12.5. The fraction of sp³-hybridized carbons (Fsp3) is 0.429. The van der Waals surface area contributed by atoms with E-state index in [9.17, 15) is 9.59 Å². The molecule has 5 heteroatoms. The molecule has 0 saturated carbocycles. The van der Waals surface area contributed by atoms with Crippen molar-refractivity contribution in [1.29, 1.82) is 0 Å². The Morgan fingerprint density at radius 2 is 2.16 bits per heavy atom. The molecule has 0 radical (unpaired) electrons. The largest absolute Gasteiger partial charge is 0.398 e. The van der Waals surface area contributed by atoms with E-state index < -0.39 is 0 Å². The molecule has 102 valence electrons. The van der Waals surface area contributed by atoms with Crippen LogP contribution in [0.5, 0.6) is 0 Å². The second-order valence-electron chi connectivity index (χ2n) is 4.79. The molecule has 1 saturated heterocycles. The molecule has 1 aliphatic rings. The number of hydrogen-bond donors (Lipinski definition) is 2. The molecule has 1 aromatic carbocycles. The molecule has 0 aliphatic carbocycles. The number of rotatable bonds is 2. The number of amides is 2. The Hall–Kier alpha value is -2.04. The van der Waals surface area contributed by atoms with E-state index in [0.29, 0.717) is 24.2 Å². The lowest BCUT2D eigenvalue weighted by atomic mass is 10.1. The van der Waals surface area contributed by atoms with Crippen molar-refractivity contribution in [3.8, 4) is 0 Å². The van der Waals surface area contributed by atoms with Crippen LogP contribution in [-0.2, 0) is 4.79 Å². The summed E-state index contributed by atoms with van der Waals surface area (Å²) in [7, 11) is 1.59. The molecule has 1 unspecified atom stereocenters. The maximum absolute atomic E-state index is 12.5. The summed E-state index contributed by atoms with van der Waals surface area (Å²) in [6, 6.07) is 4.93. The van der Waals surface area contributed by atoms with E-state index in [4.69, 9.17) is 5.73 Å². The molecule has 0 aromatic heterocycles. The summed E-state index contributed by atoms with van der Waals surface area (Å²) in [6.07, 6.45) is 1.57. The molecule has 1 fully saturated rings. The molecule has 1 atom stereocenters. The smallest absolute Gasteiger partial charge is 0.254 e. The Labute approximate surface area is 112 Å². The highest BCUT2D eigenvalue weighted by atomic mass is 16.2. The SMILES string of the molecule is CNC(=O)C1CCCN1C(=O)c1cccc(N)c1C. The Morgan fingerprint density at radius 1 is 1.42 bits per heavy atom. The van der Waals surface area contributed by atoms with Crippen LogP contribution in [0.1, 0.15) is 28.8 Å². The quantitative estimate of drug-likeness (QED) is 0.778. The monoisotopic (exact) mass is 261 g/mol. The normalized spacial score (nSPS) is 18.4. The van der Waals surface area contributed by atoms with E-state index in [0.717, 1.165) is 12.0 Å². The summed E-state index contributed by atoms with van der Waals surface area (Å²) in [4.78, 5) is 26.0. The predicted molar refractivity (Wildman–Crippen MR) is 73.7 cm³/mol. The van der Waals surface area contributed by atoms with Gasteiger partial charge in [-0.25, -0.2) is 0 Å². The summed E-state index contributed by atoms with van der Waals surface area (Å²) in [6.45, 7) is 2.44. The average Bonchev–Trinajstić information content (AvgIpc) is 2.89. The highest BCUT2D eigenvalue weighted by Gasteiger charge is 2.34. The molecule has 0 spiro atoms. The Bertz CT molecular complexity index is 513. The van der Waals surface area contributed by atoms with E-state index in [1.54, 1.807) is 30.1 Å². The van der Waals surface area contributed by atoms with Crippen LogP contribution in [0.2, 0.25) is 0 Å². The lowest BCUT2D eigenvalue weighted by molar-refractivity contribution is -0.124. The number of nitrogens with one attached hydrogen (secondary N) is 1. The van der Waals surface area contributed by atoms with Gasteiger partial charge in [-0.1, -0.05) is 6.07 Å². The molecule has 1 aliphatic heterocycles. The van der Waals surface area contributed by atoms with Gasteiger partial charge in [-0.3, -0.25) is 9.59 Å². The average molecular weight is 261 g/mol. The number of anilines is 1. The molecular formula is C14H19N3O2. The van der Waals surface area contributed by atoms with Crippen molar-refractivity contribution < 1.29 is 9.59 Å². The van der Waals surface area contributed by atoms with Crippen LogP contribution in [0.15, 0.2) is 18.2 Å². The van der Waals surface area contributed by atoms with Crippen molar-refractivity contribution in [3.05, 3.63) is 29.3 Å². The summed E-state index contributed by atoms with van der Waals surface area (Å²) in [5.41, 5.74) is 7.78. The van der Waals surface area contributed by atoms with Crippen LogP contribution < -0.4 is 11.1 Å². The molecule has 5 nitrogen and oxygen atoms in total.